The zero-order valence-corrected chi connectivity index (χ0v) is 12.0. The molecule has 4 heteroatoms. The van der Waals surface area contributed by atoms with Crippen molar-refractivity contribution in [3.63, 3.8) is 0 Å². The van der Waals surface area contributed by atoms with Crippen molar-refractivity contribution in [1.82, 2.24) is 9.78 Å². The van der Waals surface area contributed by atoms with Crippen molar-refractivity contribution in [1.29, 1.82) is 0 Å². The number of hydrogen-bond acceptors (Lipinski definition) is 3. The van der Waals surface area contributed by atoms with Crippen LogP contribution in [-0.4, -0.2) is 28.0 Å². The summed E-state index contributed by atoms with van der Waals surface area (Å²) in [5.74, 6) is 0.402. The molecule has 0 bridgehead atoms. The Morgan fingerprint density at radius 3 is 2.60 bits per heavy atom. The summed E-state index contributed by atoms with van der Waals surface area (Å²) in [5, 5.41) is 14.9. The second-order valence-electron chi connectivity index (χ2n) is 5.17. The van der Waals surface area contributed by atoms with E-state index in [1.165, 1.54) is 0 Å². The average molecular weight is 269 g/mol. The third kappa shape index (κ3) is 1.80. The Balaban J connectivity index is 2.20. The highest BCUT2D eigenvalue weighted by molar-refractivity contribution is 5.74. The lowest BCUT2D eigenvalue weighted by Crippen LogP contribution is -2.35. The summed E-state index contributed by atoms with van der Waals surface area (Å²) in [6.07, 6.45) is 2.71. The van der Waals surface area contributed by atoms with Crippen molar-refractivity contribution in [2.75, 3.05) is 11.9 Å². The third-order valence-electron chi connectivity index (χ3n) is 3.90. The number of aryl methyl sites for hydroxylation is 1. The van der Waals surface area contributed by atoms with E-state index < -0.39 is 0 Å². The van der Waals surface area contributed by atoms with Gasteiger partial charge in [-0.05, 0) is 25.5 Å². The number of benzene rings is 1. The predicted molar refractivity (Wildman–Crippen MR) is 81.4 cm³/mol. The smallest absolute Gasteiger partial charge is 0.117 e. The number of likely N-dealkylation sites (N-methyl/N-ethyl adjacent to an activating group) is 1. The topological polar surface area (TPSA) is 41.3 Å². The van der Waals surface area contributed by atoms with Crippen LogP contribution >= 0.6 is 0 Å². The molecule has 0 fully saturated rings. The summed E-state index contributed by atoms with van der Waals surface area (Å²) >= 11 is 0. The monoisotopic (exact) mass is 269 g/mol. The van der Waals surface area contributed by atoms with Crippen LogP contribution in [0.1, 0.15) is 24.7 Å². The Morgan fingerprint density at radius 2 is 1.95 bits per heavy atom. The maximum absolute atomic E-state index is 10.2. The lowest BCUT2D eigenvalue weighted by atomic mass is 10.0. The van der Waals surface area contributed by atoms with E-state index in [4.69, 9.17) is 0 Å². The van der Waals surface area contributed by atoms with E-state index in [9.17, 15) is 5.11 Å². The van der Waals surface area contributed by atoms with E-state index in [2.05, 4.69) is 16.9 Å². The first-order valence-electron chi connectivity index (χ1n) is 6.92. The zero-order valence-electron chi connectivity index (χ0n) is 12.0. The molecule has 104 valence electrons. The highest BCUT2D eigenvalue weighted by atomic mass is 16.3. The fourth-order valence-electron chi connectivity index (χ4n) is 2.94. The fraction of sp³-hybridized carbons (Fsp3) is 0.312. The molecule has 1 N–H and O–H groups in total. The van der Waals surface area contributed by atoms with E-state index in [1.54, 1.807) is 0 Å². The maximum atomic E-state index is 10.2. The van der Waals surface area contributed by atoms with E-state index in [0.29, 0.717) is 5.76 Å². The number of aliphatic hydroxyl groups excluding tert-OH is 1. The van der Waals surface area contributed by atoms with Gasteiger partial charge in [-0.2, -0.15) is 5.10 Å². The summed E-state index contributed by atoms with van der Waals surface area (Å²) in [6, 6.07) is 10.0. The molecule has 20 heavy (non-hydrogen) atoms. The summed E-state index contributed by atoms with van der Waals surface area (Å²) in [6.45, 7) is 4.09. The zero-order chi connectivity index (χ0) is 14.3. The van der Waals surface area contributed by atoms with E-state index >= 15 is 0 Å². The highest BCUT2D eigenvalue weighted by Gasteiger charge is 2.29. The van der Waals surface area contributed by atoms with Crippen LogP contribution in [-0.2, 0) is 0 Å². The molecule has 0 saturated heterocycles. The van der Waals surface area contributed by atoms with Crippen LogP contribution < -0.4 is 4.90 Å². The highest BCUT2D eigenvalue weighted by Crippen LogP contribution is 2.35. The van der Waals surface area contributed by atoms with Gasteiger partial charge in [0.2, 0.25) is 0 Å². The molecule has 2 heterocycles. The van der Waals surface area contributed by atoms with Crippen LogP contribution in [0, 0.1) is 6.92 Å². The number of fused-ring (bicyclic) bond motifs is 1. The number of anilines is 1. The van der Waals surface area contributed by atoms with Crippen LogP contribution in [0.2, 0.25) is 0 Å². The Hall–Kier alpha value is -2.23. The number of rotatable bonds is 2. The molecule has 0 spiro atoms. The first-order valence-corrected chi connectivity index (χ1v) is 6.92. The summed E-state index contributed by atoms with van der Waals surface area (Å²) < 4.78 is 1.89. The standard InChI is InChI=1S/C16H19N3O/c1-4-13-15(20)10-14-16(18(13)3)11(2)17-19(14)12-8-6-5-7-9-12/h5-10,13,20H,4H2,1-3H3. The molecule has 1 aliphatic rings. The van der Waals surface area contributed by atoms with Crippen LogP contribution in [0.25, 0.3) is 11.8 Å². The molecular weight excluding hydrogens is 250 g/mol. The molecule has 3 rings (SSSR count). The van der Waals surface area contributed by atoms with Crippen LogP contribution in [0.3, 0.4) is 0 Å². The SMILES string of the molecule is CCC1C(O)=Cc2c(c(C)nn2-c2ccccc2)N1C. The van der Waals surface area contributed by atoms with Gasteiger partial charge in [-0.15, -0.1) is 0 Å². The van der Waals surface area contributed by atoms with Gasteiger partial charge < -0.3 is 10.0 Å². The van der Waals surface area contributed by atoms with Gasteiger partial charge in [0.1, 0.15) is 5.76 Å². The van der Waals surface area contributed by atoms with Gasteiger partial charge in [-0.25, -0.2) is 4.68 Å². The minimum Gasteiger partial charge on any atom is -0.510 e. The number of para-hydroxylation sites is 1. The molecule has 0 aliphatic carbocycles. The lowest BCUT2D eigenvalue weighted by Gasteiger charge is -2.32. The van der Waals surface area contributed by atoms with Crippen molar-refractivity contribution >= 4 is 11.8 Å². The second kappa shape index (κ2) is 4.71. The van der Waals surface area contributed by atoms with E-state index in [0.717, 1.165) is 29.2 Å². The molecule has 4 nitrogen and oxygen atoms in total. The van der Waals surface area contributed by atoms with Crippen molar-refractivity contribution in [3.8, 4) is 5.69 Å². The third-order valence-corrected chi connectivity index (χ3v) is 3.90. The quantitative estimate of drug-likeness (QED) is 0.909. The molecule has 0 radical (unpaired) electrons. The van der Waals surface area contributed by atoms with Gasteiger partial charge in [0.15, 0.2) is 0 Å². The summed E-state index contributed by atoms with van der Waals surface area (Å²) in [7, 11) is 2.01. The molecule has 1 aromatic heterocycles. The maximum Gasteiger partial charge on any atom is 0.117 e. The van der Waals surface area contributed by atoms with Gasteiger partial charge in [0, 0.05) is 13.1 Å². The second-order valence-corrected chi connectivity index (χ2v) is 5.17. The molecule has 1 atom stereocenters. The Kier molecular flexibility index (Phi) is 3.01. The lowest BCUT2D eigenvalue weighted by molar-refractivity contribution is 0.361. The van der Waals surface area contributed by atoms with Gasteiger partial charge in [-0.1, -0.05) is 25.1 Å². The van der Waals surface area contributed by atoms with Gasteiger partial charge in [0.25, 0.3) is 0 Å². The van der Waals surface area contributed by atoms with Crippen LogP contribution in [0.15, 0.2) is 36.1 Å². The van der Waals surface area contributed by atoms with Crippen molar-refractivity contribution in [3.05, 3.63) is 47.5 Å². The largest absolute Gasteiger partial charge is 0.510 e. The summed E-state index contributed by atoms with van der Waals surface area (Å²) in [5.41, 5.74) is 4.02. The molecule has 0 amide bonds. The van der Waals surface area contributed by atoms with Crippen molar-refractivity contribution < 1.29 is 5.11 Å². The molecule has 0 saturated carbocycles. The van der Waals surface area contributed by atoms with Crippen LogP contribution in [0.5, 0.6) is 0 Å². The first-order chi connectivity index (χ1) is 9.63. The molecule has 1 aliphatic heterocycles. The van der Waals surface area contributed by atoms with E-state index in [-0.39, 0.29) is 6.04 Å². The Labute approximate surface area is 119 Å². The molecule has 1 aromatic carbocycles. The number of aromatic nitrogens is 2. The number of aliphatic hydroxyl groups is 1. The van der Waals surface area contributed by atoms with E-state index in [1.807, 2.05) is 55.1 Å². The fourth-order valence-corrected chi connectivity index (χ4v) is 2.94. The van der Waals surface area contributed by atoms with Gasteiger partial charge in [-0.3, -0.25) is 0 Å². The molecular formula is C16H19N3O. The van der Waals surface area contributed by atoms with Crippen LogP contribution in [0.4, 0.5) is 5.69 Å². The van der Waals surface area contributed by atoms with Gasteiger partial charge >= 0.3 is 0 Å². The average Bonchev–Trinajstić information content (AvgIpc) is 2.77. The number of nitrogens with zero attached hydrogens (tertiary/aromatic N) is 3. The predicted octanol–water partition coefficient (Wildman–Crippen LogP) is 3.31. The first kappa shape index (κ1) is 12.8. The Morgan fingerprint density at radius 1 is 1.25 bits per heavy atom. The summed E-state index contributed by atoms with van der Waals surface area (Å²) in [4.78, 5) is 2.12. The normalized spacial score (nSPS) is 17.9. The number of hydrogen-bond donors (Lipinski definition) is 1. The molecule has 1 unspecified atom stereocenters. The molecule has 2 aromatic rings. The minimum atomic E-state index is 0.0367. The van der Waals surface area contributed by atoms with Crippen molar-refractivity contribution in [2.45, 2.75) is 26.3 Å². The minimum absolute atomic E-state index is 0.0367. The Bertz CT molecular complexity index is 658. The van der Waals surface area contributed by atoms with Gasteiger partial charge in [0.05, 0.1) is 28.8 Å². The van der Waals surface area contributed by atoms with Crippen molar-refractivity contribution in [2.24, 2.45) is 0 Å².